The summed E-state index contributed by atoms with van der Waals surface area (Å²) in [4.78, 5) is 16.2. The highest BCUT2D eigenvalue weighted by atomic mass is 32.1. The number of benzene rings is 1. The molecule has 2 aromatic rings. The average molecular weight is 561 g/mol. The van der Waals surface area contributed by atoms with Gasteiger partial charge in [-0.25, -0.2) is 13.9 Å². The predicted octanol–water partition coefficient (Wildman–Crippen LogP) is 2.29. The van der Waals surface area contributed by atoms with Gasteiger partial charge in [-0.3, -0.25) is 13.9 Å². The van der Waals surface area contributed by atoms with Crippen LogP contribution in [0.3, 0.4) is 0 Å². The lowest BCUT2D eigenvalue weighted by atomic mass is 9.98. The molecular formula is C22H30FN4O8PS. The van der Waals surface area contributed by atoms with Gasteiger partial charge >= 0.3 is 13.7 Å². The molecule has 0 spiro atoms. The Morgan fingerprint density at radius 1 is 1.32 bits per heavy atom. The number of nitrogens with two attached hydrogens (primary N) is 1. The third-order valence-corrected chi connectivity index (χ3v) is 7.29. The number of hydrogen-bond donors (Lipinski definition) is 4. The molecule has 37 heavy (non-hydrogen) atoms. The van der Waals surface area contributed by atoms with Gasteiger partial charge in [0.2, 0.25) is 4.77 Å². The minimum absolute atomic E-state index is 0.0796. The molecule has 2 unspecified atom stereocenters. The Bertz CT molecular complexity index is 1190. The van der Waals surface area contributed by atoms with Crippen molar-refractivity contribution in [3.8, 4) is 5.75 Å². The van der Waals surface area contributed by atoms with Crippen LogP contribution < -0.4 is 15.3 Å². The van der Waals surface area contributed by atoms with Crippen LogP contribution in [0.5, 0.6) is 5.75 Å². The van der Waals surface area contributed by atoms with Crippen LogP contribution in [0.1, 0.15) is 27.0 Å². The molecule has 0 radical (unpaired) electrons. The first-order valence-electron chi connectivity index (χ1n) is 11.3. The van der Waals surface area contributed by atoms with Crippen molar-refractivity contribution >= 4 is 31.8 Å². The number of carbonyl (C=O) groups excluding carboxylic acids is 1. The van der Waals surface area contributed by atoms with E-state index in [9.17, 15) is 24.0 Å². The maximum Gasteiger partial charge on any atom is 0.459 e. The summed E-state index contributed by atoms with van der Waals surface area (Å²) in [6, 6.07) is 8.17. The highest BCUT2D eigenvalue weighted by Gasteiger charge is 2.56. The second kappa shape index (κ2) is 11.9. The number of carbonyl (C=O) groups is 1. The van der Waals surface area contributed by atoms with E-state index in [2.05, 4.69) is 10.1 Å². The summed E-state index contributed by atoms with van der Waals surface area (Å²) in [6.07, 6.45) is -3.89. The largest absolute Gasteiger partial charge is 0.462 e. The molecular weight excluding hydrogens is 530 g/mol. The maximum atomic E-state index is 14.4. The molecule has 0 aliphatic carbocycles. The number of hydrogen-bond acceptors (Lipinski definition) is 11. The van der Waals surface area contributed by atoms with E-state index in [0.717, 1.165) is 0 Å². The Morgan fingerprint density at radius 2 is 2.00 bits per heavy atom. The highest BCUT2D eigenvalue weighted by molar-refractivity contribution is 7.71. The molecule has 1 aromatic carbocycles. The minimum atomic E-state index is -4.40. The second-order valence-corrected chi connectivity index (χ2v) is 10.8. The van der Waals surface area contributed by atoms with Crippen LogP contribution in [0.25, 0.3) is 0 Å². The topological polar surface area (TPSA) is 167 Å². The zero-order chi connectivity index (χ0) is 27.4. The van der Waals surface area contributed by atoms with Gasteiger partial charge in [-0.15, -0.1) is 0 Å². The lowest BCUT2D eigenvalue weighted by Gasteiger charge is -2.31. The standard InChI is InChI=1S/C22H30FN4O8PS/c1-13(2)33-20(30)14(3)26-36(31,35-15-7-5-4-6-8-15)32-12-22(11-23)18(29)17(28)19(34-22)27-10-9-16(24)25-21(27)37/h4-10,13-14,17-19,28-29H,11-12H2,1-3H3,(H,26,31)(H2,24,25,37)/t14-,17-,18?,19+,22+,36?/m0/s1. The van der Waals surface area contributed by atoms with Gasteiger partial charge in [-0.2, -0.15) is 5.09 Å². The number of para-hydroxylation sites is 1. The second-order valence-electron chi connectivity index (χ2n) is 8.70. The number of nitrogens with zero attached hydrogens (tertiary/aromatic N) is 2. The lowest BCUT2D eigenvalue weighted by molar-refractivity contribution is -0.149. The van der Waals surface area contributed by atoms with Gasteiger partial charge in [0.25, 0.3) is 0 Å². The van der Waals surface area contributed by atoms with Crippen molar-refractivity contribution in [2.75, 3.05) is 19.0 Å². The number of ether oxygens (including phenoxy) is 2. The summed E-state index contributed by atoms with van der Waals surface area (Å²) >= 11 is 5.13. The van der Waals surface area contributed by atoms with Gasteiger partial charge < -0.3 is 29.9 Å². The predicted molar refractivity (Wildman–Crippen MR) is 133 cm³/mol. The van der Waals surface area contributed by atoms with Crippen LogP contribution in [0, 0.1) is 4.77 Å². The molecule has 2 heterocycles. The summed E-state index contributed by atoms with van der Waals surface area (Å²) < 4.78 is 51.1. The lowest BCUT2D eigenvalue weighted by Crippen LogP contribution is -2.49. The molecule has 0 bridgehead atoms. The van der Waals surface area contributed by atoms with Crippen LogP contribution in [0.4, 0.5) is 10.2 Å². The number of esters is 1. The highest BCUT2D eigenvalue weighted by Crippen LogP contribution is 2.48. The fourth-order valence-electron chi connectivity index (χ4n) is 3.49. The van der Waals surface area contributed by atoms with Crippen LogP contribution in [0.15, 0.2) is 42.6 Å². The third-order valence-electron chi connectivity index (χ3n) is 5.37. The Morgan fingerprint density at radius 3 is 2.59 bits per heavy atom. The van der Waals surface area contributed by atoms with E-state index in [4.69, 9.17) is 36.5 Å². The summed E-state index contributed by atoms with van der Waals surface area (Å²) in [5.41, 5.74) is 3.44. The molecule has 1 saturated heterocycles. The quantitative estimate of drug-likeness (QED) is 0.180. The molecule has 1 aliphatic rings. The SMILES string of the molecule is CC(C)OC(=O)[C@H](C)NP(=O)(OC[C@@]1(CF)O[C@@H](n2ccc(N)nc2=S)[C@@H](O)C1O)Oc1ccccc1. The number of nitrogens with one attached hydrogen (secondary N) is 1. The number of aromatic nitrogens is 2. The number of alkyl halides is 1. The Hall–Kier alpha value is -2.45. The van der Waals surface area contributed by atoms with E-state index in [1.165, 1.54) is 35.9 Å². The van der Waals surface area contributed by atoms with E-state index in [-0.39, 0.29) is 16.3 Å². The molecule has 12 nitrogen and oxygen atoms in total. The van der Waals surface area contributed by atoms with Crippen molar-refractivity contribution in [2.45, 2.75) is 57.0 Å². The van der Waals surface area contributed by atoms with Crippen molar-refractivity contribution in [1.29, 1.82) is 0 Å². The first-order chi connectivity index (χ1) is 17.4. The van der Waals surface area contributed by atoms with Gasteiger partial charge in [0, 0.05) is 6.20 Å². The zero-order valence-electron chi connectivity index (χ0n) is 20.4. The zero-order valence-corrected chi connectivity index (χ0v) is 22.1. The van der Waals surface area contributed by atoms with Gasteiger partial charge in [0.05, 0.1) is 12.7 Å². The fourth-order valence-corrected chi connectivity index (χ4v) is 5.30. The van der Waals surface area contributed by atoms with E-state index in [0.29, 0.717) is 0 Å². The molecule has 1 aromatic heterocycles. The van der Waals surface area contributed by atoms with Gasteiger partial charge in [-0.05, 0) is 51.2 Å². The molecule has 15 heteroatoms. The average Bonchev–Trinajstić information content (AvgIpc) is 3.08. The Labute approximate surface area is 218 Å². The molecule has 1 aliphatic heterocycles. The molecule has 6 atom stereocenters. The number of rotatable bonds is 11. The Kier molecular flexibility index (Phi) is 9.40. The van der Waals surface area contributed by atoms with Gasteiger partial charge in [0.15, 0.2) is 11.8 Å². The van der Waals surface area contributed by atoms with Crippen molar-refractivity contribution in [3.05, 3.63) is 47.4 Å². The molecule has 3 rings (SSSR count). The molecule has 204 valence electrons. The van der Waals surface area contributed by atoms with E-state index in [1.807, 2.05) is 0 Å². The summed E-state index contributed by atoms with van der Waals surface area (Å²) in [6.45, 7) is 2.51. The first kappa shape index (κ1) is 29.1. The van der Waals surface area contributed by atoms with Crippen molar-refractivity contribution in [3.63, 3.8) is 0 Å². The molecule has 1 fully saturated rings. The van der Waals surface area contributed by atoms with Crippen LogP contribution in [-0.4, -0.2) is 69.0 Å². The number of nitrogen functional groups attached to an aromatic ring is 1. The van der Waals surface area contributed by atoms with Crippen LogP contribution in [-0.2, 0) is 23.4 Å². The van der Waals surface area contributed by atoms with Crippen molar-refractivity contribution in [1.82, 2.24) is 14.6 Å². The fraction of sp³-hybridized carbons (Fsp3) is 0.500. The first-order valence-corrected chi connectivity index (χ1v) is 13.3. The number of halogens is 1. The third kappa shape index (κ3) is 6.90. The van der Waals surface area contributed by atoms with Crippen LogP contribution >= 0.6 is 20.0 Å². The monoisotopic (exact) mass is 560 g/mol. The van der Waals surface area contributed by atoms with Crippen molar-refractivity contribution < 1.29 is 42.5 Å². The smallest absolute Gasteiger partial charge is 0.459 e. The maximum absolute atomic E-state index is 14.4. The molecule has 0 saturated carbocycles. The van der Waals surface area contributed by atoms with E-state index < -0.39 is 63.2 Å². The summed E-state index contributed by atoms with van der Waals surface area (Å²) in [5, 5.41) is 23.8. The number of aliphatic hydroxyl groups excluding tert-OH is 2. The minimum Gasteiger partial charge on any atom is -0.462 e. The van der Waals surface area contributed by atoms with Gasteiger partial charge in [0.1, 0.15) is 36.5 Å². The van der Waals surface area contributed by atoms with E-state index in [1.54, 1.807) is 32.0 Å². The number of anilines is 1. The van der Waals surface area contributed by atoms with Crippen molar-refractivity contribution in [2.24, 2.45) is 0 Å². The number of aliphatic hydroxyl groups is 2. The normalized spacial score (nSPS) is 26.0. The molecule has 5 N–H and O–H groups in total. The molecule has 0 amide bonds. The van der Waals surface area contributed by atoms with Gasteiger partial charge in [-0.1, -0.05) is 18.2 Å². The van der Waals surface area contributed by atoms with E-state index >= 15 is 0 Å². The summed E-state index contributed by atoms with van der Waals surface area (Å²) in [5.74, 6) is -0.486. The summed E-state index contributed by atoms with van der Waals surface area (Å²) in [7, 11) is -4.40. The Balaban J connectivity index is 1.85. The van der Waals surface area contributed by atoms with Crippen LogP contribution in [0.2, 0.25) is 0 Å².